The quantitative estimate of drug-likeness (QED) is 0.623. The van der Waals surface area contributed by atoms with E-state index in [4.69, 9.17) is 0 Å². The van der Waals surface area contributed by atoms with Crippen LogP contribution in [0.2, 0.25) is 0 Å². The number of nitrogens with one attached hydrogen (secondary N) is 3. The van der Waals surface area contributed by atoms with Crippen LogP contribution in [-0.2, 0) is 9.59 Å². The van der Waals surface area contributed by atoms with Crippen molar-refractivity contribution >= 4 is 11.8 Å². The SMILES string of the molecule is CC1CCCNC1C(=O)NC1CCC(=O)NC1. The van der Waals surface area contributed by atoms with Crippen molar-refractivity contribution in [1.29, 1.82) is 0 Å². The van der Waals surface area contributed by atoms with E-state index >= 15 is 0 Å². The van der Waals surface area contributed by atoms with Crippen molar-refractivity contribution < 1.29 is 9.59 Å². The molecule has 0 spiro atoms. The zero-order valence-corrected chi connectivity index (χ0v) is 10.3. The Morgan fingerprint density at radius 3 is 2.88 bits per heavy atom. The van der Waals surface area contributed by atoms with E-state index in [0.29, 0.717) is 18.9 Å². The average Bonchev–Trinajstić information content (AvgIpc) is 2.32. The maximum atomic E-state index is 12.1. The Morgan fingerprint density at radius 1 is 1.41 bits per heavy atom. The number of carbonyl (C=O) groups excluding carboxylic acids is 2. The average molecular weight is 239 g/mol. The van der Waals surface area contributed by atoms with Crippen LogP contribution in [-0.4, -0.2) is 37.0 Å². The van der Waals surface area contributed by atoms with Gasteiger partial charge in [0.1, 0.15) is 0 Å². The molecule has 2 heterocycles. The highest BCUT2D eigenvalue weighted by molar-refractivity contribution is 5.83. The summed E-state index contributed by atoms with van der Waals surface area (Å²) < 4.78 is 0. The van der Waals surface area contributed by atoms with Crippen LogP contribution in [0.4, 0.5) is 0 Å². The van der Waals surface area contributed by atoms with Crippen LogP contribution in [0.15, 0.2) is 0 Å². The van der Waals surface area contributed by atoms with Gasteiger partial charge in [-0.05, 0) is 31.7 Å². The third-order valence-corrected chi connectivity index (χ3v) is 3.66. The lowest BCUT2D eigenvalue weighted by Gasteiger charge is -2.31. The minimum Gasteiger partial charge on any atom is -0.354 e. The van der Waals surface area contributed by atoms with Gasteiger partial charge in [0.2, 0.25) is 11.8 Å². The van der Waals surface area contributed by atoms with E-state index in [1.165, 1.54) is 0 Å². The van der Waals surface area contributed by atoms with Gasteiger partial charge in [-0.15, -0.1) is 0 Å². The lowest BCUT2D eigenvalue weighted by atomic mass is 9.92. The highest BCUT2D eigenvalue weighted by Gasteiger charge is 2.29. The maximum absolute atomic E-state index is 12.1. The fourth-order valence-corrected chi connectivity index (χ4v) is 2.55. The van der Waals surface area contributed by atoms with Gasteiger partial charge in [0.15, 0.2) is 0 Å². The van der Waals surface area contributed by atoms with Crippen LogP contribution >= 0.6 is 0 Å². The fraction of sp³-hybridized carbons (Fsp3) is 0.833. The number of rotatable bonds is 2. The molecule has 5 nitrogen and oxygen atoms in total. The summed E-state index contributed by atoms with van der Waals surface area (Å²) in [5.41, 5.74) is 0. The van der Waals surface area contributed by atoms with Crippen LogP contribution in [0, 0.1) is 5.92 Å². The van der Waals surface area contributed by atoms with E-state index in [2.05, 4.69) is 22.9 Å². The normalized spacial score (nSPS) is 33.9. The molecule has 2 amide bonds. The van der Waals surface area contributed by atoms with Gasteiger partial charge in [-0.1, -0.05) is 6.92 Å². The summed E-state index contributed by atoms with van der Waals surface area (Å²) in [5, 5.41) is 9.07. The van der Waals surface area contributed by atoms with Crippen LogP contribution in [0.25, 0.3) is 0 Å². The minimum absolute atomic E-state index is 0.0682. The molecule has 96 valence electrons. The van der Waals surface area contributed by atoms with Gasteiger partial charge in [-0.3, -0.25) is 9.59 Å². The molecule has 0 aromatic heterocycles. The summed E-state index contributed by atoms with van der Waals surface area (Å²) in [6.07, 6.45) is 3.51. The predicted molar refractivity (Wildman–Crippen MR) is 64.4 cm³/mol. The van der Waals surface area contributed by atoms with Crippen molar-refractivity contribution in [3.8, 4) is 0 Å². The van der Waals surface area contributed by atoms with E-state index in [1.807, 2.05) is 0 Å². The zero-order chi connectivity index (χ0) is 12.3. The molecule has 2 saturated heterocycles. The van der Waals surface area contributed by atoms with Gasteiger partial charge < -0.3 is 16.0 Å². The van der Waals surface area contributed by atoms with Crippen molar-refractivity contribution in [1.82, 2.24) is 16.0 Å². The highest BCUT2D eigenvalue weighted by atomic mass is 16.2. The molecule has 2 aliphatic heterocycles. The molecule has 0 saturated carbocycles. The highest BCUT2D eigenvalue weighted by Crippen LogP contribution is 2.16. The van der Waals surface area contributed by atoms with E-state index in [0.717, 1.165) is 25.8 Å². The summed E-state index contributed by atoms with van der Waals surface area (Å²) in [4.78, 5) is 23.1. The van der Waals surface area contributed by atoms with E-state index in [-0.39, 0.29) is 23.9 Å². The number of hydrogen-bond acceptors (Lipinski definition) is 3. The smallest absolute Gasteiger partial charge is 0.237 e. The molecule has 3 unspecified atom stereocenters. The van der Waals surface area contributed by atoms with Gasteiger partial charge in [0.05, 0.1) is 6.04 Å². The lowest BCUT2D eigenvalue weighted by Crippen LogP contribution is -2.56. The lowest BCUT2D eigenvalue weighted by molar-refractivity contribution is -0.127. The Morgan fingerprint density at radius 2 is 2.24 bits per heavy atom. The number of hydrogen-bond donors (Lipinski definition) is 3. The van der Waals surface area contributed by atoms with E-state index in [9.17, 15) is 9.59 Å². The van der Waals surface area contributed by atoms with E-state index < -0.39 is 0 Å². The summed E-state index contributed by atoms with van der Waals surface area (Å²) in [6, 6.07) is 0.0255. The summed E-state index contributed by atoms with van der Waals surface area (Å²) in [7, 11) is 0. The molecule has 0 bridgehead atoms. The maximum Gasteiger partial charge on any atom is 0.237 e. The van der Waals surface area contributed by atoms with Crippen LogP contribution in [0.5, 0.6) is 0 Å². The Kier molecular flexibility index (Phi) is 3.99. The summed E-state index contributed by atoms with van der Waals surface area (Å²) in [5.74, 6) is 0.555. The molecule has 0 aromatic carbocycles. The molecule has 0 radical (unpaired) electrons. The molecule has 17 heavy (non-hydrogen) atoms. The second kappa shape index (κ2) is 5.49. The molecule has 3 N–H and O–H groups in total. The Labute approximate surface area is 102 Å². The number of amides is 2. The second-order valence-electron chi connectivity index (χ2n) is 5.10. The first-order valence-electron chi connectivity index (χ1n) is 6.47. The van der Waals surface area contributed by atoms with Gasteiger partial charge >= 0.3 is 0 Å². The molecular weight excluding hydrogens is 218 g/mol. The molecule has 3 atom stereocenters. The van der Waals surface area contributed by atoms with Crippen LogP contribution < -0.4 is 16.0 Å². The fourth-order valence-electron chi connectivity index (χ4n) is 2.55. The van der Waals surface area contributed by atoms with Gasteiger partial charge in [-0.2, -0.15) is 0 Å². The molecular formula is C12H21N3O2. The largest absolute Gasteiger partial charge is 0.354 e. The molecule has 0 aromatic rings. The summed E-state index contributed by atoms with van der Waals surface area (Å²) >= 11 is 0. The van der Waals surface area contributed by atoms with Crippen LogP contribution in [0.1, 0.15) is 32.6 Å². The predicted octanol–water partition coefficient (Wildman–Crippen LogP) is -0.231. The van der Waals surface area contributed by atoms with Crippen molar-refractivity contribution in [3.63, 3.8) is 0 Å². The molecule has 5 heteroatoms. The van der Waals surface area contributed by atoms with Crippen LogP contribution in [0.3, 0.4) is 0 Å². The number of carbonyl (C=O) groups is 2. The first kappa shape index (κ1) is 12.4. The third kappa shape index (κ3) is 3.19. The Hall–Kier alpha value is -1.10. The Balaban J connectivity index is 1.81. The molecule has 2 fully saturated rings. The summed E-state index contributed by atoms with van der Waals surface area (Å²) in [6.45, 7) is 3.59. The zero-order valence-electron chi connectivity index (χ0n) is 10.3. The standard InChI is InChI=1S/C12H21N3O2/c1-8-3-2-6-13-11(8)12(17)15-9-4-5-10(16)14-7-9/h8-9,11,13H,2-7H2,1H3,(H,14,16)(H,15,17). The molecule has 2 aliphatic rings. The Bertz CT molecular complexity index is 296. The van der Waals surface area contributed by atoms with Gasteiger partial charge in [0, 0.05) is 19.0 Å². The first-order valence-corrected chi connectivity index (χ1v) is 6.47. The van der Waals surface area contributed by atoms with Crippen molar-refractivity contribution in [3.05, 3.63) is 0 Å². The van der Waals surface area contributed by atoms with Crippen molar-refractivity contribution in [2.24, 2.45) is 5.92 Å². The minimum atomic E-state index is -0.0682. The van der Waals surface area contributed by atoms with Gasteiger partial charge in [0.25, 0.3) is 0 Å². The second-order valence-corrected chi connectivity index (χ2v) is 5.10. The monoisotopic (exact) mass is 239 g/mol. The van der Waals surface area contributed by atoms with E-state index in [1.54, 1.807) is 0 Å². The molecule has 0 aliphatic carbocycles. The third-order valence-electron chi connectivity index (χ3n) is 3.66. The van der Waals surface area contributed by atoms with Crippen molar-refractivity contribution in [2.75, 3.05) is 13.1 Å². The first-order chi connectivity index (χ1) is 8.16. The van der Waals surface area contributed by atoms with Gasteiger partial charge in [-0.25, -0.2) is 0 Å². The topological polar surface area (TPSA) is 70.2 Å². The number of piperidine rings is 2. The molecule has 2 rings (SSSR count). The van der Waals surface area contributed by atoms with Crippen molar-refractivity contribution in [2.45, 2.75) is 44.7 Å².